The molecular formula is C14H13N3O2. The number of imidazole rings is 1. The van der Waals surface area contributed by atoms with E-state index in [4.69, 9.17) is 10.00 Å². The molecule has 1 heterocycles. The average molecular weight is 255 g/mol. The number of carbonyl (C=O) groups is 1. The summed E-state index contributed by atoms with van der Waals surface area (Å²) in [5.41, 5.74) is 2.29. The van der Waals surface area contributed by atoms with Gasteiger partial charge in [0, 0.05) is 24.7 Å². The summed E-state index contributed by atoms with van der Waals surface area (Å²) in [6.45, 7) is 0. The summed E-state index contributed by atoms with van der Waals surface area (Å²) in [6, 6.07) is 7.48. The first-order valence-electron chi connectivity index (χ1n) is 5.80. The standard InChI is InChI=1S/C14H13N3O2/c1-19-13-6-10(2-3-11(13)8-15)7-14-16-9-12(17-14)4-5-18/h2-3,5-6,9H,4,7H2,1H3,(H,16,17). The molecule has 19 heavy (non-hydrogen) atoms. The summed E-state index contributed by atoms with van der Waals surface area (Å²) < 4.78 is 5.16. The topological polar surface area (TPSA) is 78.8 Å². The molecule has 0 radical (unpaired) electrons. The van der Waals surface area contributed by atoms with Crippen molar-refractivity contribution in [1.29, 1.82) is 5.26 Å². The number of methoxy groups -OCH3 is 1. The summed E-state index contributed by atoms with van der Waals surface area (Å²) in [4.78, 5) is 17.7. The van der Waals surface area contributed by atoms with Crippen molar-refractivity contribution in [1.82, 2.24) is 9.97 Å². The van der Waals surface area contributed by atoms with Crippen molar-refractivity contribution in [2.75, 3.05) is 7.11 Å². The molecule has 0 aliphatic heterocycles. The van der Waals surface area contributed by atoms with Crippen molar-refractivity contribution >= 4 is 6.29 Å². The van der Waals surface area contributed by atoms with Crippen molar-refractivity contribution in [3.8, 4) is 11.8 Å². The number of aromatic amines is 1. The Morgan fingerprint density at radius 3 is 3.05 bits per heavy atom. The van der Waals surface area contributed by atoms with Crippen LogP contribution >= 0.6 is 0 Å². The maximum atomic E-state index is 10.4. The minimum absolute atomic E-state index is 0.337. The van der Waals surface area contributed by atoms with Crippen LogP contribution in [0.1, 0.15) is 22.6 Å². The number of nitriles is 1. The van der Waals surface area contributed by atoms with Gasteiger partial charge in [-0.15, -0.1) is 0 Å². The number of nitrogens with zero attached hydrogens (tertiary/aromatic N) is 2. The number of nitrogens with one attached hydrogen (secondary N) is 1. The van der Waals surface area contributed by atoms with Gasteiger partial charge in [-0.2, -0.15) is 5.26 Å². The Labute approximate surface area is 110 Å². The highest BCUT2D eigenvalue weighted by atomic mass is 16.5. The first kappa shape index (κ1) is 12.8. The van der Waals surface area contributed by atoms with Gasteiger partial charge in [-0.3, -0.25) is 0 Å². The molecule has 0 fully saturated rings. The molecule has 0 aliphatic rings. The van der Waals surface area contributed by atoms with Crippen LogP contribution in [0.2, 0.25) is 0 Å². The van der Waals surface area contributed by atoms with Crippen LogP contribution in [0.25, 0.3) is 0 Å². The van der Waals surface area contributed by atoms with E-state index in [1.807, 2.05) is 12.1 Å². The van der Waals surface area contributed by atoms with E-state index in [1.165, 1.54) is 7.11 Å². The van der Waals surface area contributed by atoms with Gasteiger partial charge in [0.25, 0.3) is 0 Å². The first-order chi connectivity index (χ1) is 9.26. The van der Waals surface area contributed by atoms with Crippen molar-refractivity contribution in [2.24, 2.45) is 0 Å². The van der Waals surface area contributed by atoms with Crippen LogP contribution in [0.15, 0.2) is 24.4 Å². The molecule has 5 heteroatoms. The van der Waals surface area contributed by atoms with E-state index in [2.05, 4.69) is 16.0 Å². The molecule has 0 atom stereocenters. The van der Waals surface area contributed by atoms with Crippen LogP contribution < -0.4 is 4.74 Å². The largest absolute Gasteiger partial charge is 0.495 e. The summed E-state index contributed by atoms with van der Waals surface area (Å²) >= 11 is 0. The predicted octanol–water partition coefficient (Wildman–Crippen LogP) is 1.62. The van der Waals surface area contributed by atoms with Gasteiger partial charge in [-0.05, 0) is 17.7 Å². The Morgan fingerprint density at radius 1 is 1.53 bits per heavy atom. The number of hydrogen-bond donors (Lipinski definition) is 1. The number of ether oxygens (including phenoxy) is 1. The van der Waals surface area contributed by atoms with E-state index in [1.54, 1.807) is 12.3 Å². The number of hydrogen-bond acceptors (Lipinski definition) is 4. The zero-order valence-corrected chi connectivity index (χ0v) is 10.5. The second-order valence-electron chi connectivity index (χ2n) is 4.05. The summed E-state index contributed by atoms with van der Waals surface area (Å²) in [7, 11) is 1.54. The number of H-pyrrole nitrogens is 1. The maximum absolute atomic E-state index is 10.4. The molecule has 96 valence electrons. The van der Waals surface area contributed by atoms with Crippen LogP contribution in [0.4, 0.5) is 0 Å². The number of aldehydes is 1. The van der Waals surface area contributed by atoms with Gasteiger partial charge in [0.2, 0.25) is 0 Å². The molecule has 0 unspecified atom stereocenters. The van der Waals surface area contributed by atoms with Crippen molar-refractivity contribution in [2.45, 2.75) is 12.8 Å². The van der Waals surface area contributed by atoms with Crippen molar-refractivity contribution < 1.29 is 9.53 Å². The zero-order chi connectivity index (χ0) is 13.7. The molecule has 1 aromatic heterocycles. The summed E-state index contributed by atoms with van der Waals surface area (Å²) in [5, 5.41) is 8.91. The van der Waals surface area contributed by atoms with Crippen molar-refractivity contribution in [3.63, 3.8) is 0 Å². The second kappa shape index (κ2) is 5.83. The van der Waals surface area contributed by atoms with Gasteiger partial charge in [-0.1, -0.05) is 6.07 Å². The quantitative estimate of drug-likeness (QED) is 0.823. The van der Waals surface area contributed by atoms with E-state index in [9.17, 15) is 4.79 Å². The number of rotatable bonds is 5. The van der Waals surface area contributed by atoms with Crippen molar-refractivity contribution in [3.05, 3.63) is 47.0 Å². The fourth-order valence-electron chi connectivity index (χ4n) is 1.82. The SMILES string of the molecule is COc1cc(Cc2ncc(CC=O)[nH]2)ccc1C#N. The van der Waals surface area contributed by atoms with Gasteiger partial charge in [0.05, 0.1) is 12.7 Å². The molecule has 0 saturated heterocycles. The van der Waals surface area contributed by atoms with Crippen LogP contribution in [-0.2, 0) is 17.6 Å². The minimum Gasteiger partial charge on any atom is -0.495 e. The third kappa shape index (κ3) is 2.99. The Kier molecular flexibility index (Phi) is 3.94. The van der Waals surface area contributed by atoms with E-state index < -0.39 is 0 Å². The van der Waals surface area contributed by atoms with Gasteiger partial charge < -0.3 is 14.5 Å². The molecule has 0 bridgehead atoms. The molecule has 5 nitrogen and oxygen atoms in total. The van der Waals surface area contributed by atoms with Gasteiger partial charge in [-0.25, -0.2) is 4.98 Å². The van der Waals surface area contributed by atoms with Crippen LogP contribution in [0.5, 0.6) is 5.75 Å². The van der Waals surface area contributed by atoms with Gasteiger partial charge in [0.15, 0.2) is 0 Å². The monoisotopic (exact) mass is 255 g/mol. The maximum Gasteiger partial charge on any atom is 0.136 e. The Balaban J connectivity index is 2.18. The Bertz CT molecular complexity index is 626. The number of benzene rings is 1. The van der Waals surface area contributed by atoms with Crippen LogP contribution in [0.3, 0.4) is 0 Å². The van der Waals surface area contributed by atoms with E-state index in [0.717, 1.165) is 23.4 Å². The van der Waals surface area contributed by atoms with Crippen LogP contribution in [-0.4, -0.2) is 23.4 Å². The molecule has 0 amide bonds. The molecule has 1 aromatic carbocycles. The zero-order valence-electron chi connectivity index (χ0n) is 10.5. The highest BCUT2D eigenvalue weighted by molar-refractivity contribution is 5.53. The molecule has 0 aliphatic carbocycles. The fourth-order valence-corrected chi connectivity index (χ4v) is 1.82. The van der Waals surface area contributed by atoms with Gasteiger partial charge >= 0.3 is 0 Å². The highest BCUT2D eigenvalue weighted by Gasteiger charge is 2.06. The average Bonchev–Trinajstić information content (AvgIpc) is 2.86. The molecule has 1 N–H and O–H groups in total. The highest BCUT2D eigenvalue weighted by Crippen LogP contribution is 2.20. The van der Waals surface area contributed by atoms with E-state index in [-0.39, 0.29) is 0 Å². The van der Waals surface area contributed by atoms with E-state index >= 15 is 0 Å². The van der Waals surface area contributed by atoms with E-state index in [0.29, 0.717) is 24.2 Å². The third-order valence-corrected chi connectivity index (χ3v) is 2.74. The predicted molar refractivity (Wildman–Crippen MR) is 68.9 cm³/mol. The lowest BCUT2D eigenvalue weighted by molar-refractivity contribution is -0.107. The summed E-state index contributed by atoms with van der Waals surface area (Å²) in [5.74, 6) is 1.34. The smallest absolute Gasteiger partial charge is 0.136 e. The second-order valence-corrected chi connectivity index (χ2v) is 4.05. The fraction of sp³-hybridized carbons (Fsp3) is 0.214. The molecule has 0 spiro atoms. The molecule has 2 aromatic rings. The molecule has 2 rings (SSSR count). The van der Waals surface area contributed by atoms with Gasteiger partial charge in [0.1, 0.15) is 23.9 Å². The third-order valence-electron chi connectivity index (χ3n) is 2.74. The molecular weight excluding hydrogens is 242 g/mol. The molecule has 0 saturated carbocycles. The lowest BCUT2D eigenvalue weighted by atomic mass is 10.1. The Hall–Kier alpha value is -2.61. The first-order valence-corrected chi connectivity index (χ1v) is 5.80. The number of carbonyl (C=O) groups excluding carboxylic acids is 1. The lowest BCUT2D eigenvalue weighted by Gasteiger charge is -2.05. The van der Waals surface area contributed by atoms with Crippen LogP contribution in [0, 0.1) is 11.3 Å². The minimum atomic E-state index is 0.337. The Morgan fingerprint density at radius 2 is 2.37 bits per heavy atom. The number of aromatic nitrogens is 2. The lowest BCUT2D eigenvalue weighted by Crippen LogP contribution is -1.95. The normalized spacial score (nSPS) is 9.89. The summed E-state index contributed by atoms with van der Waals surface area (Å²) in [6.07, 6.45) is 3.43.